The van der Waals surface area contributed by atoms with E-state index in [9.17, 15) is 4.79 Å². The van der Waals surface area contributed by atoms with Crippen molar-refractivity contribution in [1.29, 1.82) is 0 Å². The Morgan fingerprint density at radius 3 is 2.94 bits per heavy atom. The van der Waals surface area contributed by atoms with Gasteiger partial charge in [0, 0.05) is 5.56 Å². The fraction of sp³-hybridized carbons (Fsp3) is 0.182. The zero-order valence-corrected chi connectivity index (χ0v) is 8.78. The maximum absolute atomic E-state index is 10.7. The van der Waals surface area contributed by atoms with Gasteiger partial charge in [-0.25, -0.2) is 4.79 Å². The number of nitrogens with two attached hydrogens (primary N) is 1. The smallest absolute Gasteiger partial charge is 0.316 e. The van der Waals surface area contributed by atoms with E-state index in [-0.39, 0.29) is 6.61 Å². The average molecular weight is 220 g/mol. The number of nitrogens with one attached hydrogen (secondary N) is 1. The number of ether oxygens (including phenoxy) is 1. The topological polar surface area (TPSA) is 84.6 Å². The molecule has 0 aliphatic carbocycles. The number of anilines is 1. The molecule has 0 atom stereocenters. The molecular formula is C11H12N2O3. The number of hydrogen-bond donors (Lipinski definition) is 3. The van der Waals surface area contributed by atoms with Crippen molar-refractivity contribution >= 4 is 11.7 Å². The van der Waals surface area contributed by atoms with E-state index in [1.807, 2.05) is 0 Å². The second kappa shape index (κ2) is 5.63. The summed E-state index contributed by atoms with van der Waals surface area (Å²) in [7, 11) is 1.49. The molecule has 4 N–H and O–H groups in total. The molecule has 0 radical (unpaired) electrons. The second-order valence-electron chi connectivity index (χ2n) is 2.86. The van der Waals surface area contributed by atoms with Crippen LogP contribution in [0.1, 0.15) is 5.56 Å². The van der Waals surface area contributed by atoms with Crippen LogP contribution in [0.15, 0.2) is 18.2 Å². The van der Waals surface area contributed by atoms with Crippen LogP contribution in [0.3, 0.4) is 0 Å². The van der Waals surface area contributed by atoms with Crippen molar-refractivity contribution in [3.05, 3.63) is 23.8 Å². The summed E-state index contributed by atoms with van der Waals surface area (Å²) in [5.74, 6) is 5.71. The number of benzene rings is 1. The minimum atomic E-state index is -0.675. The molecule has 5 heteroatoms. The number of rotatable bonds is 2. The third kappa shape index (κ3) is 3.19. The molecule has 1 rings (SSSR count). The van der Waals surface area contributed by atoms with Crippen LogP contribution in [-0.4, -0.2) is 24.9 Å². The molecular weight excluding hydrogens is 208 g/mol. The Bertz CT molecular complexity index is 446. The molecule has 0 fully saturated rings. The molecule has 0 aliphatic heterocycles. The molecule has 5 nitrogen and oxygen atoms in total. The van der Waals surface area contributed by atoms with Crippen LogP contribution >= 0.6 is 0 Å². The number of carbonyl (C=O) groups excluding carboxylic acids is 1. The predicted molar refractivity (Wildman–Crippen MR) is 60.2 cm³/mol. The maximum atomic E-state index is 10.7. The minimum Gasteiger partial charge on any atom is -0.495 e. The number of aliphatic hydroxyl groups is 1. The van der Waals surface area contributed by atoms with Crippen LogP contribution in [0.2, 0.25) is 0 Å². The van der Waals surface area contributed by atoms with Gasteiger partial charge >= 0.3 is 6.03 Å². The zero-order chi connectivity index (χ0) is 12.0. The molecule has 16 heavy (non-hydrogen) atoms. The lowest BCUT2D eigenvalue weighted by atomic mass is 10.2. The van der Waals surface area contributed by atoms with Crippen LogP contribution in [0.25, 0.3) is 0 Å². The third-order valence-electron chi connectivity index (χ3n) is 1.77. The van der Waals surface area contributed by atoms with Gasteiger partial charge < -0.3 is 20.9 Å². The summed E-state index contributed by atoms with van der Waals surface area (Å²) >= 11 is 0. The molecule has 2 amide bonds. The largest absolute Gasteiger partial charge is 0.495 e. The average Bonchev–Trinajstić information content (AvgIpc) is 2.26. The second-order valence-corrected chi connectivity index (χ2v) is 2.86. The van der Waals surface area contributed by atoms with Gasteiger partial charge in [0.05, 0.1) is 12.8 Å². The number of aliphatic hydroxyl groups excluding tert-OH is 1. The molecule has 0 bridgehead atoms. The third-order valence-corrected chi connectivity index (χ3v) is 1.77. The Labute approximate surface area is 93.2 Å². The first-order valence-corrected chi connectivity index (χ1v) is 4.51. The summed E-state index contributed by atoms with van der Waals surface area (Å²) in [6.45, 7) is -0.218. The monoisotopic (exact) mass is 220 g/mol. The fourth-order valence-electron chi connectivity index (χ4n) is 1.16. The van der Waals surface area contributed by atoms with E-state index < -0.39 is 6.03 Å². The molecule has 1 aromatic carbocycles. The minimum absolute atomic E-state index is 0.218. The van der Waals surface area contributed by atoms with E-state index >= 15 is 0 Å². The normalized spacial score (nSPS) is 8.88. The van der Waals surface area contributed by atoms with Crippen molar-refractivity contribution in [3.8, 4) is 17.6 Å². The molecule has 0 spiro atoms. The van der Waals surface area contributed by atoms with Gasteiger partial charge in [-0.15, -0.1) is 0 Å². The Morgan fingerprint density at radius 2 is 2.38 bits per heavy atom. The Morgan fingerprint density at radius 1 is 1.62 bits per heavy atom. The molecule has 0 aromatic heterocycles. The van der Waals surface area contributed by atoms with Gasteiger partial charge in [0.2, 0.25) is 0 Å². The number of methoxy groups -OCH3 is 1. The zero-order valence-electron chi connectivity index (χ0n) is 8.78. The lowest BCUT2D eigenvalue weighted by Crippen LogP contribution is -2.19. The quantitative estimate of drug-likeness (QED) is 0.635. The Kier molecular flexibility index (Phi) is 4.18. The van der Waals surface area contributed by atoms with E-state index in [1.165, 1.54) is 7.11 Å². The fourth-order valence-corrected chi connectivity index (χ4v) is 1.16. The summed E-state index contributed by atoms with van der Waals surface area (Å²) < 4.78 is 5.04. The number of urea groups is 1. The molecule has 0 heterocycles. The predicted octanol–water partition coefficient (Wildman–Crippen LogP) is 0.530. The van der Waals surface area contributed by atoms with Gasteiger partial charge in [0.1, 0.15) is 12.4 Å². The SMILES string of the molecule is COc1ccc(C#CCO)cc1NC(N)=O. The highest BCUT2D eigenvalue weighted by atomic mass is 16.5. The van der Waals surface area contributed by atoms with Crippen molar-refractivity contribution in [2.45, 2.75) is 0 Å². The van der Waals surface area contributed by atoms with Crippen LogP contribution < -0.4 is 15.8 Å². The van der Waals surface area contributed by atoms with Crippen LogP contribution in [0, 0.1) is 11.8 Å². The Balaban J connectivity index is 3.05. The molecule has 84 valence electrons. The van der Waals surface area contributed by atoms with E-state index in [4.69, 9.17) is 15.6 Å². The number of carbonyl (C=O) groups is 1. The first kappa shape index (κ1) is 11.9. The van der Waals surface area contributed by atoms with Gasteiger partial charge in [-0.3, -0.25) is 0 Å². The van der Waals surface area contributed by atoms with Crippen molar-refractivity contribution < 1.29 is 14.6 Å². The van der Waals surface area contributed by atoms with Crippen LogP contribution in [0.5, 0.6) is 5.75 Å². The van der Waals surface area contributed by atoms with Crippen molar-refractivity contribution in [2.24, 2.45) is 5.73 Å². The molecule has 0 saturated carbocycles. The van der Waals surface area contributed by atoms with Gasteiger partial charge in [-0.05, 0) is 18.2 Å². The molecule has 0 saturated heterocycles. The summed E-state index contributed by atoms with van der Waals surface area (Å²) in [6, 6.07) is 4.32. The van der Waals surface area contributed by atoms with Crippen LogP contribution in [-0.2, 0) is 0 Å². The molecule has 0 aliphatic rings. The van der Waals surface area contributed by atoms with Crippen LogP contribution in [0.4, 0.5) is 10.5 Å². The van der Waals surface area contributed by atoms with Gasteiger partial charge in [0.25, 0.3) is 0 Å². The van der Waals surface area contributed by atoms with Gasteiger partial charge in [0.15, 0.2) is 0 Å². The van der Waals surface area contributed by atoms with E-state index in [2.05, 4.69) is 17.2 Å². The first-order valence-electron chi connectivity index (χ1n) is 4.51. The lowest BCUT2D eigenvalue weighted by molar-refractivity contribution is 0.259. The molecule has 1 aromatic rings. The summed E-state index contributed by atoms with van der Waals surface area (Å²) in [5.41, 5.74) is 6.11. The lowest BCUT2D eigenvalue weighted by Gasteiger charge is -2.08. The Hall–Kier alpha value is -2.19. The maximum Gasteiger partial charge on any atom is 0.316 e. The number of primary amides is 1. The van der Waals surface area contributed by atoms with Crippen molar-refractivity contribution in [3.63, 3.8) is 0 Å². The van der Waals surface area contributed by atoms with Crippen molar-refractivity contribution in [1.82, 2.24) is 0 Å². The van der Waals surface area contributed by atoms with Crippen molar-refractivity contribution in [2.75, 3.05) is 19.0 Å². The van der Waals surface area contributed by atoms with E-state index in [0.717, 1.165) is 0 Å². The van der Waals surface area contributed by atoms with Gasteiger partial charge in [-0.2, -0.15) is 0 Å². The summed E-state index contributed by atoms with van der Waals surface area (Å²) in [5, 5.41) is 11.0. The number of hydrogen-bond acceptors (Lipinski definition) is 3. The summed E-state index contributed by atoms with van der Waals surface area (Å²) in [4.78, 5) is 10.7. The highest BCUT2D eigenvalue weighted by Crippen LogP contribution is 2.24. The van der Waals surface area contributed by atoms with E-state index in [1.54, 1.807) is 18.2 Å². The summed E-state index contributed by atoms with van der Waals surface area (Å²) in [6.07, 6.45) is 0. The highest BCUT2D eigenvalue weighted by Gasteiger charge is 2.05. The van der Waals surface area contributed by atoms with Gasteiger partial charge in [-0.1, -0.05) is 11.8 Å². The number of amides is 2. The first-order chi connectivity index (χ1) is 7.67. The highest BCUT2D eigenvalue weighted by molar-refractivity contribution is 5.89. The van der Waals surface area contributed by atoms with E-state index in [0.29, 0.717) is 17.0 Å². The standard InChI is InChI=1S/C11H12N2O3/c1-16-10-5-4-8(3-2-6-14)7-9(10)13-11(12)15/h4-5,7,14H,6H2,1H3,(H3,12,13,15). The molecule has 0 unspecified atom stereocenters.